The number of hydrogen-bond donors (Lipinski definition) is 1. The minimum absolute atomic E-state index is 0.134. The van der Waals surface area contributed by atoms with E-state index in [9.17, 15) is 14.0 Å². The first-order valence-corrected chi connectivity index (χ1v) is 13.7. The van der Waals surface area contributed by atoms with E-state index in [0.29, 0.717) is 23.7 Å². The van der Waals surface area contributed by atoms with Gasteiger partial charge in [-0.05, 0) is 47.4 Å². The van der Waals surface area contributed by atoms with Gasteiger partial charge in [-0.1, -0.05) is 79.5 Å². The molecule has 0 heterocycles. The van der Waals surface area contributed by atoms with Crippen LogP contribution in [0, 0.1) is 5.82 Å². The molecule has 0 aromatic heterocycles. The number of rotatable bonds is 13. The molecule has 0 fully saturated rings. The molecule has 3 rings (SSSR count). The highest BCUT2D eigenvalue weighted by Crippen LogP contribution is 2.20. The predicted molar refractivity (Wildman–Crippen MR) is 146 cm³/mol. The highest BCUT2D eigenvalue weighted by Gasteiger charge is 2.30. The summed E-state index contributed by atoms with van der Waals surface area (Å²) in [5.41, 5.74) is 2.81. The lowest BCUT2D eigenvalue weighted by atomic mass is 10.0. The summed E-state index contributed by atoms with van der Waals surface area (Å²) in [6.45, 7) is 2.85. The van der Waals surface area contributed by atoms with Gasteiger partial charge in [0.1, 0.15) is 11.9 Å². The molecule has 0 aliphatic carbocycles. The Balaban J connectivity index is 1.81. The van der Waals surface area contributed by atoms with Crippen LogP contribution in [0.25, 0.3) is 0 Å². The van der Waals surface area contributed by atoms with Crippen LogP contribution in [0.15, 0.2) is 78.9 Å². The standard InChI is InChI=1S/C29H32ClFN2O2S/c1-2-3-17-32-29(35)27(18-22-7-5-4-6-8-22)33(19-23-11-15-26(31)16-12-23)28(34)21-36-20-24-9-13-25(30)14-10-24/h4-16,27H,2-3,17-21H2,1H3,(H,32,35)/t27-/m0/s1. The van der Waals surface area contributed by atoms with Crippen LogP contribution in [-0.2, 0) is 28.3 Å². The predicted octanol–water partition coefficient (Wildman–Crippen LogP) is 6.27. The van der Waals surface area contributed by atoms with Crippen molar-refractivity contribution in [2.75, 3.05) is 12.3 Å². The second-order valence-corrected chi connectivity index (χ2v) is 10.0. The number of nitrogens with zero attached hydrogens (tertiary/aromatic N) is 1. The van der Waals surface area contributed by atoms with Gasteiger partial charge in [-0.2, -0.15) is 0 Å². The van der Waals surface area contributed by atoms with E-state index in [1.165, 1.54) is 23.9 Å². The molecule has 7 heteroatoms. The Morgan fingerprint density at radius 3 is 2.28 bits per heavy atom. The molecular weight excluding hydrogens is 495 g/mol. The van der Waals surface area contributed by atoms with Crippen molar-refractivity contribution in [3.8, 4) is 0 Å². The number of hydrogen-bond acceptors (Lipinski definition) is 3. The first-order chi connectivity index (χ1) is 17.5. The summed E-state index contributed by atoms with van der Waals surface area (Å²) >= 11 is 7.46. The van der Waals surface area contributed by atoms with Crippen LogP contribution >= 0.6 is 23.4 Å². The summed E-state index contributed by atoms with van der Waals surface area (Å²) in [5.74, 6) is 0.222. The summed E-state index contributed by atoms with van der Waals surface area (Å²) < 4.78 is 13.5. The number of nitrogens with one attached hydrogen (secondary N) is 1. The van der Waals surface area contributed by atoms with Crippen molar-refractivity contribution in [3.63, 3.8) is 0 Å². The summed E-state index contributed by atoms with van der Waals surface area (Å²) in [4.78, 5) is 28.5. The molecule has 2 amide bonds. The van der Waals surface area contributed by atoms with E-state index < -0.39 is 6.04 Å². The van der Waals surface area contributed by atoms with Gasteiger partial charge in [-0.3, -0.25) is 9.59 Å². The monoisotopic (exact) mass is 526 g/mol. The highest BCUT2D eigenvalue weighted by molar-refractivity contribution is 7.99. The fraction of sp³-hybridized carbons (Fsp3) is 0.310. The molecule has 1 atom stereocenters. The molecule has 0 aliphatic rings. The Kier molecular flexibility index (Phi) is 11.3. The number of amides is 2. The molecule has 0 saturated carbocycles. The Morgan fingerprint density at radius 2 is 1.61 bits per heavy atom. The Labute approximate surface area is 222 Å². The lowest BCUT2D eigenvalue weighted by Crippen LogP contribution is -2.51. The topological polar surface area (TPSA) is 49.4 Å². The number of unbranched alkanes of at least 4 members (excludes halogenated alkanes) is 1. The van der Waals surface area contributed by atoms with Crippen LogP contribution in [0.5, 0.6) is 0 Å². The van der Waals surface area contributed by atoms with Gasteiger partial charge in [0, 0.05) is 30.3 Å². The van der Waals surface area contributed by atoms with Gasteiger partial charge >= 0.3 is 0 Å². The largest absolute Gasteiger partial charge is 0.354 e. The molecule has 3 aromatic carbocycles. The van der Waals surface area contributed by atoms with E-state index in [1.54, 1.807) is 17.0 Å². The van der Waals surface area contributed by atoms with Gasteiger partial charge < -0.3 is 10.2 Å². The molecule has 0 bridgehead atoms. The van der Waals surface area contributed by atoms with Crippen molar-refractivity contribution < 1.29 is 14.0 Å². The van der Waals surface area contributed by atoms with E-state index >= 15 is 0 Å². The van der Waals surface area contributed by atoms with Crippen LogP contribution < -0.4 is 5.32 Å². The van der Waals surface area contributed by atoms with Gasteiger partial charge in [-0.25, -0.2) is 4.39 Å². The van der Waals surface area contributed by atoms with Crippen molar-refractivity contribution >= 4 is 35.2 Å². The van der Waals surface area contributed by atoms with E-state index in [1.807, 2.05) is 54.6 Å². The van der Waals surface area contributed by atoms with Crippen molar-refractivity contribution in [1.29, 1.82) is 0 Å². The zero-order valence-electron chi connectivity index (χ0n) is 20.5. The van der Waals surface area contributed by atoms with Gasteiger partial charge in [0.05, 0.1) is 5.75 Å². The van der Waals surface area contributed by atoms with E-state index in [0.717, 1.165) is 29.5 Å². The Bertz CT molecular complexity index is 1090. The fourth-order valence-electron chi connectivity index (χ4n) is 3.77. The smallest absolute Gasteiger partial charge is 0.243 e. The van der Waals surface area contributed by atoms with Gasteiger partial charge in [0.25, 0.3) is 0 Å². The third-order valence-electron chi connectivity index (χ3n) is 5.77. The van der Waals surface area contributed by atoms with E-state index in [2.05, 4.69) is 12.2 Å². The van der Waals surface area contributed by atoms with Gasteiger partial charge in [0.2, 0.25) is 11.8 Å². The van der Waals surface area contributed by atoms with Crippen LogP contribution in [0.2, 0.25) is 5.02 Å². The quantitative estimate of drug-likeness (QED) is 0.267. The molecule has 0 spiro atoms. The third kappa shape index (κ3) is 8.99. The zero-order valence-corrected chi connectivity index (χ0v) is 22.0. The Hall–Kier alpha value is -2.83. The van der Waals surface area contributed by atoms with Crippen molar-refractivity contribution in [2.45, 2.75) is 44.5 Å². The van der Waals surface area contributed by atoms with E-state index in [-0.39, 0.29) is 29.9 Å². The van der Waals surface area contributed by atoms with Gasteiger partial charge in [-0.15, -0.1) is 11.8 Å². The van der Waals surface area contributed by atoms with Crippen molar-refractivity contribution in [1.82, 2.24) is 10.2 Å². The van der Waals surface area contributed by atoms with Crippen molar-refractivity contribution in [3.05, 3.63) is 106 Å². The minimum Gasteiger partial charge on any atom is -0.354 e. The molecule has 3 aromatic rings. The zero-order chi connectivity index (χ0) is 25.8. The minimum atomic E-state index is -0.682. The summed E-state index contributed by atoms with van der Waals surface area (Å²) in [6, 6.07) is 22.6. The average Bonchev–Trinajstić information content (AvgIpc) is 2.89. The third-order valence-corrected chi connectivity index (χ3v) is 7.01. The Morgan fingerprint density at radius 1 is 0.944 bits per heavy atom. The summed E-state index contributed by atoms with van der Waals surface area (Å²) in [6.07, 6.45) is 2.23. The number of thioether (sulfide) groups is 1. The fourth-order valence-corrected chi connectivity index (χ4v) is 4.76. The molecule has 0 unspecified atom stereocenters. The van der Waals surface area contributed by atoms with Crippen LogP contribution in [0.3, 0.4) is 0 Å². The number of halogens is 2. The molecule has 190 valence electrons. The second kappa shape index (κ2) is 14.7. The maximum absolute atomic E-state index is 13.6. The van der Waals surface area contributed by atoms with E-state index in [4.69, 9.17) is 11.6 Å². The van der Waals surface area contributed by atoms with Crippen LogP contribution in [-0.4, -0.2) is 35.1 Å². The number of carbonyl (C=O) groups is 2. The average molecular weight is 527 g/mol. The maximum atomic E-state index is 13.6. The molecule has 0 saturated heterocycles. The molecule has 4 nitrogen and oxygen atoms in total. The second-order valence-electron chi connectivity index (χ2n) is 8.62. The normalized spacial score (nSPS) is 11.6. The molecule has 0 radical (unpaired) electrons. The summed E-state index contributed by atoms with van der Waals surface area (Å²) in [7, 11) is 0. The number of benzene rings is 3. The van der Waals surface area contributed by atoms with Crippen molar-refractivity contribution in [2.24, 2.45) is 0 Å². The van der Waals surface area contributed by atoms with Crippen LogP contribution in [0.1, 0.15) is 36.5 Å². The molecular formula is C29H32ClFN2O2S. The lowest BCUT2D eigenvalue weighted by molar-refractivity contribution is -0.139. The maximum Gasteiger partial charge on any atom is 0.243 e. The number of carbonyl (C=O) groups excluding carboxylic acids is 2. The summed E-state index contributed by atoms with van der Waals surface area (Å²) in [5, 5.41) is 3.68. The first kappa shape index (κ1) is 27.8. The SMILES string of the molecule is CCCCNC(=O)[C@H](Cc1ccccc1)N(Cc1ccc(F)cc1)C(=O)CSCc1ccc(Cl)cc1. The highest BCUT2D eigenvalue weighted by atomic mass is 35.5. The lowest BCUT2D eigenvalue weighted by Gasteiger charge is -2.31. The molecule has 36 heavy (non-hydrogen) atoms. The van der Waals surface area contributed by atoms with Gasteiger partial charge in [0.15, 0.2) is 0 Å². The molecule has 1 N–H and O–H groups in total. The first-order valence-electron chi connectivity index (χ1n) is 12.1. The molecule has 0 aliphatic heterocycles. The van der Waals surface area contributed by atoms with Crippen LogP contribution in [0.4, 0.5) is 4.39 Å².